The molecule has 1 fully saturated rings. The van der Waals surface area contributed by atoms with Crippen molar-refractivity contribution < 1.29 is 23.1 Å². The van der Waals surface area contributed by atoms with Gasteiger partial charge in [-0.3, -0.25) is 9.59 Å². The molecule has 0 radical (unpaired) electrons. The van der Waals surface area contributed by atoms with Crippen LogP contribution in [0, 0.1) is 17.6 Å². The molecule has 1 aromatic carbocycles. The first-order chi connectivity index (χ1) is 17.9. The lowest BCUT2D eigenvalue weighted by atomic mass is 9.89. The number of piperidine rings is 1. The van der Waals surface area contributed by atoms with E-state index in [-0.39, 0.29) is 24.2 Å². The number of carbonyl (C=O) groups is 2. The van der Waals surface area contributed by atoms with Crippen molar-refractivity contribution in [2.24, 2.45) is 5.92 Å². The van der Waals surface area contributed by atoms with Crippen LogP contribution in [-0.4, -0.2) is 52.7 Å². The summed E-state index contributed by atoms with van der Waals surface area (Å²) in [7, 11) is -1.27. The molecule has 38 heavy (non-hydrogen) atoms. The van der Waals surface area contributed by atoms with E-state index in [9.17, 15) is 18.4 Å². The van der Waals surface area contributed by atoms with Gasteiger partial charge in [0.1, 0.15) is 12.5 Å². The van der Waals surface area contributed by atoms with Crippen LogP contribution in [0.5, 0.6) is 0 Å². The maximum absolute atomic E-state index is 14.0. The average molecular weight is 545 g/mol. The van der Waals surface area contributed by atoms with Gasteiger partial charge in [0.15, 0.2) is 11.6 Å². The second-order valence-electron chi connectivity index (χ2n) is 11.1. The lowest BCUT2D eigenvalue weighted by Crippen LogP contribution is -2.46. The lowest BCUT2D eigenvalue weighted by molar-refractivity contribution is -0.146. The molecule has 3 heterocycles. The Morgan fingerprint density at radius 3 is 2.66 bits per heavy atom. The topological polar surface area (TPSA) is 115 Å². The third-order valence-electron chi connectivity index (χ3n) is 6.76. The number of aromatic nitrogens is 3. The molecule has 3 aromatic rings. The highest BCUT2D eigenvalue weighted by Gasteiger charge is 2.35. The summed E-state index contributed by atoms with van der Waals surface area (Å²) in [5.74, 6) is -3.21. The molecule has 12 heteroatoms. The molecular weight excluding hydrogens is 510 g/mol. The van der Waals surface area contributed by atoms with E-state index in [0.29, 0.717) is 36.0 Å². The number of nitrogens with one attached hydrogen (secondary N) is 1. The van der Waals surface area contributed by atoms with Crippen LogP contribution in [0.2, 0.25) is 25.7 Å². The molecule has 2 amide bonds. The average Bonchev–Trinajstić information content (AvgIpc) is 3.29. The van der Waals surface area contributed by atoms with Crippen molar-refractivity contribution in [1.82, 2.24) is 19.7 Å². The van der Waals surface area contributed by atoms with Gasteiger partial charge in [0.25, 0.3) is 0 Å². The molecule has 1 aliphatic heterocycles. The van der Waals surface area contributed by atoms with Crippen molar-refractivity contribution in [3.63, 3.8) is 0 Å². The van der Waals surface area contributed by atoms with Gasteiger partial charge in [-0.15, -0.1) is 0 Å². The first-order valence-corrected chi connectivity index (χ1v) is 16.4. The number of rotatable bonds is 7. The SMILES string of the molecule is C[C@H]1CC[C@H](c2ccc(F)c(F)c2)N(C(=O)C(=O)Nc2cnc(N)c3cnn(COCC[Si](C)(C)C)c23)C1. The predicted octanol–water partition coefficient (Wildman–Crippen LogP) is 4.54. The van der Waals surface area contributed by atoms with E-state index in [4.69, 9.17) is 10.5 Å². The third kappa shape index (κ3) is 6.18. The van der Waals surface area contributed by atoms with Crippen molar-refractivity contribution in [2.75, 3.05) is 24.2 Å². The van der Waals surface area contributed by atoms with Gasteiger partial charge in [-0.25, -0.2) is 18.4 Å². The summed E-state index contributed by atoms with van der Waals surface area (Å²) in [6.45, 7) is 9.80. The molecule has 0 bridgehead atoms. The predicted molar refractivity (Wildman–Crippen MR) is 144 cm³/mol. The molecule has 204 valence electrons. The van der Waals surface area contributed by atoms with Crippen LogP contribution < -0.4 is 11.1 Å². The summed E-state index contributed by atoms with van der Waals surface area (Å²) in [6.07, 6.45) is 4.24. The van der Waals surface area contributed by atoms with Crippen LogP contribution in [0.4, 0.5) is 20.3 Å². The van der Waals surface area contributed by atoms with Crippen LogP contribution in [0.3, 0.4) is 0 Å². The summed E-state index contributed by atoms with van der Waals surface area (Å²) in [5.41, 5.74) is 7.25. The van der Waals surface area contributed by atoms with Gasteiger partial charge in [-0.1, -0.05) is 32.6 Å². The number of fused-ring (bicyclic) bond motifs is 1. The molecule has 1 aliphatic rings. The number of carbonyl (C=O) groups excluding carboxylic acids is 2. The van der Waals surface area contributed by atoms with Gasteiger partial charge in [-0.05, 0) is 42.5 Å². The first kappa shape index (κ1) is 27.6. The highest BCUT2D eigenvalue weighted by molar-refractivity contribution is 6.76. The van der Waals surface area contributed by atoms with Gasteiger partial charge in [0, 0.05) is 21.2 Å². The van der Waals surface area contributed by atoms with Gasteiger partial charge in [0.2, 0.25) is 0 Å². The Morgan fingerprint density at radius 1 is 1.18 bits per heavy atom. The number of halogens is 2. The van der Waals surface area contributed by atoms with E-state index in [2.05, 4.69) is 35.0 Å². The summed E-state index contributed by atoms with van der Waals surface area (Å²) in [6, 6.07) is 4.01. The molecule has 1 saturated heterocycles. The minimum absolute atomic E-state index is 0.146. The number of benzene rings is 1. The second-order valence-corrected chi connectivity index (χ2v) is 16.7. The fourth-order valence-electron chi connectivity index (χ4n) is 4.59. The Morgan fingerprint density at radius 2 is 1.95 bits per heavy atom. The summed E-state index contributed by atoms with van der Waals surface area (Å²) >= 11 is 0. The maximum Gasteiger partial charge on any atom is 0.314 e. The molecule has 0 aliphatic carbocycles. The monoisotopic (exact) mass is 544 g/mol. The van der Waals surface area contributed by atoms with Crippen molar-refractivity contribution in [2.45, 2.75) is 58.2 Å². The maximum atomic E-state index is 14.0. The standard InChI is InChI=1S/C26H34F2N6O3Si/c1-16-5-8-22(17-6-7-19(27)20(28)11-17)33(14-16)26(36)25(35)32-21-13-30-24(29)18-12-31-34(23(18)21)15-37-9-10-38(2,3)4/h6-7,11-13,16,22H,5,8-10,14-15H2,1-4H3,(H2,29,30)(H,32,35)/t16-,22+/m0/s1. The fraction of sp³-hybridized carbons (Fsp3) is 0.462. The largest absolute Gasteiger partial charge is 0.383 e. The number of hydrogen-bond acceptors (Lipinski definition) is 6. The Bertz CT molecular complexity index is 1340. The highest BCUT2D eigenvalue weighted by Crippen LogP contribution is 2.34. The number of ether oxygens (including phenoxy) is 1. The zero-order chi connectivity index (χ0) is 27.6. The van der Waals surface area contributed by atoms with Crippen LogP contribution in [-0.2, 0) is 21.1 Å². The number of anilines is 2. The van der Waals surface area contributed by atoms with Crippen LogP contribution in [0.15, 0.2) is 30.6 Å². The highest BCUT2D eigenvalue weighted by atomic mass is 28.3. The molecule has 0 unspecified atom stereocenters. The molecule has 2 atom stereocenters. The quantitative estimate of drug-likeness (QED) is 0.256. The first-order valence-electron chi connectivity index (χ1n) is 12.7. The number of pyridine rings is 1. The van der Waals surface area contributed by atoms with Gasteiger partial charge >= 0.3 is 11.8 Å². The minimum Gasteiger partial charge on any atom is -0.383 e. The smallest absolute Gasteiger partial charge is 0.314 e. The van der Waals surface area contributed by atoms with E-state index < -0.39 is 37.6 Å². The van der Waals surface area contributed by atoms with Crippen LogP contribution >= 0.6 is 0 Å². The number of likely N-dealkylation sites (tertiary alicyclic amines) is 1. The van der Waals surface area contributed by atoms with Crippen molar-refractivity contribution in [1.29, 1.82) is 0 Å². The summed E-state index contributed by atoms with van der Waals surface area (Å²) in [4.78, 5) is 32.1. The van der Waals surface area contributed by atoms with Gasteiger partial charge in [-0.2, -0.15) is 5.10 Å². The van der Waals surface area contributed by atoms with E-state index in [1.165, 1.54) is 17.2 Å². The van der Waals surface area contributed by atoms with Gasteiger partial charge < -0.3 is 20.7 Å². The Labute approximate surface area is 221 Å². The number of nitrogens with zero attached hydrogens (tertiary/aromatic N) is 4. The number of nitrogens with two attached hydrogens (primary N) is 1. The summed E-state index contributed by atoms with van der Waals surface area (Å²) < 4.78 is 34.9. The number of nitrogen functional groups attached to an aromatic ring is 1. The molecule has 4 rings (SSSR count). The van der Waals surface area contributed by atoms with E-state index in [1.54, 1.807) is 10.9 Å². The van der Waals surface area contributed by atoms with Crippen LogP contribution in [0.1, 0.15) is 31.4 Å². The molecule has 0 spiro atoms. The second kappa shape index (κ2) is 11.2. The van der Waals surface area contributed by atoms with Crippen molar-refractivity contribution in [3.8, 4) is 0 Å². The fourth-order valence-corrected chi connectivity index (χ4v) is 5.35. The lowest BCUT2D eigenvalue weighted by Gasteiger charge is -2.38. The zero-order valence-corrected chi connectivity index (χ0v) is 23.1. The Balaban J connectivity index is 1.55. The Hall–Kier alpha value is -3.38. The van der Waals surface area contributed by atoms with Crippen LogP contribution in [0.25, 0.3) is 10.9 Å². The Kier molecular flexibility index (Phi) is 8.12. The minimum atomic E-state index is -1.27. The molecule has 0 saturated carbocycles. The number of hydrogen-bond donors (Lipinski definition) is 2. The number of amides is 2. The van der Waals surface area contributed by atoms with Crippen molar-refractivity contribution in [3.05, 3.63) is 47.8 Å². The van der Waals surface area contributed by atoms with Gasteiger partial charge in [0.05, 0.1) is 35.0 Å². The van der Waals surface area contributed by atoms with E-state index in [1.807, 2.05) is 6.92 Å². The zero-order valence-electron chi connectivity index (χ0n) is 22.1. The molecule has 3 N–H and O–H groups in total. The molecular formula is C26H34F2N6O3Si. The van der Waals surface area contributed by atoms with Crippen molar-refractivity contribution >= 4 is 42.3 Å². The third-order valence-corrected chi connectivity index (χ3v) is 8.47. The van der Waals surface area contributed by atoms with E-state index in [0.717, 1.165) is 24.6 Å². The van der Waals surface area contributed by atoms with E-state index >= 15 is 0 Å². The molecule has 9 nitrogen and oxygen atoms in total. The molecule has 2 aromatic heterocycles. The summed E-state index contributed by atoms with van der Waals surface area (Å²) in [5, 5.41) is 7.53. The normalized spacial score (nSPS) is 18.1.